The van der Waals surface area contributed by atoms with Crippen LogP contribution in [0.2, 0.25) is 0 Å². The van der Waals surface area contributed by atoms with Gasteiger partial charge in [0.15, 0.2) is 0 Å². The van der Waals surface area contributed by atoms with Crippen LogP contribution in [0.15, 0.2) is 47.4 Å². The van der Waals surface area contributed by atoms with Crippen molar-refractivity contribution in [3.05, 3.63) is 69.9 Å². The van der Waals surface area contributed by atoms with Crippen LogP contribution in [0.1, 0.15) is 37.9 Å². The van der Waals surface area contributed by atoms with Crippen LogP contribution in [0.3, 0.4) is 0 Å². The van der Waals surface area contributed by atoms with Crippen molar-refractivity contribution in [3.63, 3.8) is 0 Å². The Morgan fingerprint density at radius 2 is 1.82 bits per heavy atom. The predicted octanol–water partition coefficient (Wildman–Crippen LogP) is 3.40. The predicted molar refractivity (Wildman–Crippen MR) is 87.1 cm³/mol. The largest absolute Gasteiger partial charge is 0.319 e. The summed E-state index contributed by atoms with van der Waals surface area (Å²) in [7, 11) is 1.73. The summed E-state index contributed by atoms with van der Waals surface area (Å²) in [5.41, 5.74) is 1.93. The Labute approximate surface area is 130 Å². The first kappa shape index (κ1) is 16.4. The van der Waals surface area contributed by atoms with Gasteiger partial charge in [-0.15, -0.1) is 0 Å². The molecule has 0 fully saturated rings. The zero-order chi connectivity index (χ0) is 16.3. The molecule has 0 radical (unpaired) electrons. The number of hydrogen-bond donors (Lipinski definition) is 1. The van der Waals surface area contributed by atoms with Crippen molar-refractivity contribution in [2.45, 2.75) is 33.4 Å². The van der Waals surface area contributed by atoms with Crippen molar-refractivity contribution in [2.75, 3.05) is 0 Å². The third-order valence-electron chi connectivity index (χ3n) is 3.75. The van der Waals surface area contributed by atoms with E-state index in [2.05, 4.69) is 26.1 Å². The van der Waals surface area contributed by atoms with Crippen LogP contribution in [0, 0.1) is 11.2 Å². The molecule has 118 valence electrons. The van der Waals surface area contributed by atoms with Crippen LogP contribution < -0.4 is 10.9 Å². The molecule has 2 rings (SSSR count). The number of halogens is 1. The highest BCUT2D eigenvalue weighted by Gasteiger charge is 2.25. The molecular weight excluding hydrogens is 279 g/mol. The number of rotatable bonds is 4. The van der Waals surface area contributed by atoms with Crippen LogP contribution in [0.4, 0.5) is 4.39 Å². The molecule has 0 spiro atoms. The Hall–Kier alpha value is -1.94. The maximum atomic E-state index is 13.1. The second-order valence-corrected chi connectivity index (χ2v) is 6.72. The SMILES string of the molecule is Cn1ccc(CN[C@@H](c2ccc(F)cc2)C(C)(C)C)cc1=O. The molecule has 3 nitrogen and oxygen atoms in total. The van der Waals surface area contributed by atoms with Gasteiger partial charge < -0.3 is 9.88 Å². The third-order valence-corrected chi connectivity index (χ3v) is 3.75. The van der Waals surface area contributed by atoms with E-state index in [1.807, 2.05) is 18.2 Å². The molecule has 0 amide bonds. The highest BCUT2D eigenvalue weighted by molar-refractivity contribution is 5.22. The monoisotopic (exact) mass is 302 g/mol. The lowest BCUT2D eigenvalue weighted by molar-refractivity contribution is 0.271. The Bertz CT molecular complexity index is 683. The van der Waals surface area contributed by atoms with E-state index in [4.69, 9.17) is 0 Å². The van der Waals surface area contributed by atoms with Gasteiger partial charge in [-0.2, -0.15) is 0 Å². The maximum absolute atomic E-state index is 13.1. The molecule has 0 saturated carbocycles. The Morgan fingerprint density at radius 1 is 1.18 bits per heavy atom. The van der Waals surface area contributed by atoms with Crippen molar-refractivity contribution >= 4 is 0 Å². The number of aryl methyl sites for hydroxylation is 1. The topological polar surface area (TPSA) is 34.0 Å². The minimum Gasteiger partial charge on any atom is -0.319 e. The lowest BCUT2D eigenvalue weighted by Gasteiger charge is -2.32. The summed E-state index contributed by atoms with van der Waals surface area (Å²) >= 11 is 0. The Morgan fingerprint density at radius 3 is 2.36 bits per heavy atom. The molecule has 22 heavy (non-hydrogen) atoms. The lowest BCUT2D eigenvalue weighted by atomic mass is 9.82. The molecule has 0 unspecified atom stereocenters. The van der Waals surface area contributed by atoms with Gasteiger partial charge in [-0.3, -0.25) is 4.79 Å². The molecule has 0 aliphatic heterocycles. The first-order chi connectivity index (χ1) is 10.3. The van der Waals surface area contributed by atoms with E-state index in [1.54, 1.807) is 23.9 Å². The van der Waals surface area contributed by atoms with E-state index < -0.39 is 0 Å². The summed E-state index contributed by atoms with van der Waals surface area (Å²) in [6.45, 7) is 7.00. The van der Waals surface area contributed by atoms with Crippen LogP contribution in [0.5, 0.6) is 0 Å². The molecule has 0 aliphatic rings. The molecule has 0 aliphatic carbocycles. The van der Waals surface area contributed by atoms with Crippen molar-refractivity contribution < 1.29 is 4.39 Å². The van der Waals surface area contributed by atoms with Crippen molar-refractivity contribution in [1.29, 1.82) is 0 Å². The van der Waals surface area contributed by atoms with E-state index in [1.165, 1.54) is 12.1 Å². The van der Waals surface area contributed by atoms with Crippen LogP contribution >= 0.6 is 0 Å². The summed E-state index contributed by atoms with van der Waals surface area (Å²) in [4.78, 5) is 11.7. The molecule has 1 N–H and O–H groups in total. The second-order valence-electron chi connectivity index (χ2n) is 6.72. The molecule has 4 heteroatoms. The smallest absolute Gasteiger partial charge is 0.250 e. The quantitative estimate of drug-likeness (QED) is 0.939. The fourth-order valence-corrected chi connectivity index (χ4v) is 2.50. The average Bonchev–Trinajstić information content (AvgIpc) is 2.43. The summed E-state index contributed by atoms with van der Waals surface area (Å²) in [5.74, 6) is -0.233. The van der Waals surface area contributed by atoms with Gasteiger partial charge >= 0.3 is 0 Å². The van der Waals surface area contributed by atoms with Crippen LogP contribution in [-0.2, 0) is 13.6 Å². The first-order valence-electron chi connectivity index (χ1n) is 7.42. The van der Waals surface area contributed by atoms with E-state index in [0.29, 0.717) is 6.54 Å². The van der Waals surface area contributed by atoms with Gasteiger partial charge in [0.25, 0.3) is 5.56 Å². The number of hydrogen-bond acceptors (Lipinski definition) is 2. The van der Waals surface area contributed by atoms with Crippen LogP contribution in [-0.4, -0.2) is 4.57 Å². The van der Waals surface area contributed by atoms with Gasteiger partial charge in [0.1, 0.15) is 5.82 Å². The highest BCUT2D eigenvalue weighted by atomic mass is 19.1. The number of nitrogens with zero attached hydrogens (tertiary/aromatic N) is 1. The van der Waals surface area contributed by atoms with Crippen molar-refractivity contribution in [1.82, 2.24) is 9.88 Å². The summed E-state index contributed by atoms with van der Waals surface area (Å²) in [5, 5.41) is 3.49. The fourth-order valence-electron chi connectivity index (χ4n) is 2.50. The minimum absolute atomic E-state index is 0.0200. The Balaban J connectivity index is 2.19. The van der Waals surface area contributed by atoms with Crippen molar-refractivity contribution in [3.8, 4) is 0 Å². The number of nitrogens with one attached hydrogen (secondary N) is 1. The summed E-state index contributed by atoms with van der Waals surface area (Å²) < 4.78 is 14.7. The molecule has 0 bridgehead atoms. The van der Waals surface area contributed by atoms with Gasteiger partial charge in [-0.1, -0.05) is 32.9 Å². The van der Waals surface area contributed by atoms with E-state index in [0.717, 1.165) is 11.1 Å². The zero-order valence-electron chi connectivity index (χ0n) is 13.6. The molecule has 1 heterocycles. The minimum atomic E-state index is -0.233. The van der Waals surface area contributed by atoms with Gasteiger partial charge in [0.2, 0.25) is 0 Å². The fraction of sp³-hybridized carbons (Fsp3) is 0.389. The number of aromatic nitrogens is 1. The number of benzene rings is 1. The maximum Gasteiger partial charge on any atom is 0.250 e. The molecule has 1 aromatic carbocycles. The van der Waals surface area contributed by atoms with Gasteiger partial charge in [0, 0.05) is 31.9 Å². The van der Waals surface area contributed by atoms with Gasteiger partial charge in [-0.25, -0.2) is 4.39 Å². The normalized spacial score (nSPS) is 13.1. The van der Waals surface area contributed by atoms with E-state index >= 15 is 0 Å². The molecule has 0 saturated heterocycles. The Kier molecular flexibility index (Phi) is 4.81. The van der Waals surface area contributed by atoms with E-state index in [9.17, 15) is 9.18 Å². The molecular formula is C18H23FN2O. The highest BCUT2D eigenvalue weighted by Crippen LogP contribution is 2.33. The van der Waals surface area contributed by atoms with Crippen molar-refractivity contribution in [2.24, 2.45) is 12.5 Å². The van der Waals surface area contributed by atoms with Gasteiger partial charge in [0.05, 0.1) is 0 Å². The molecule has 1 aromatic heterocycles. The average molecular weight is 302 g/mol. The zero-order valence-corrected chi connectivity index (χ0v) is 13.6. The summed E-state index contributed by atoms with van der Waals surface area (Å²) in [6.07, 6.45) is 1.77. The van der Waals surface area contributed by atoms with E-state index in [-0.39, 0.29) is 22.8 Å². The third kappa shape index (κ3) is 4.04. The molecule has 1 atom stereocenters. The van der Waals surface area contributed by atoms with Crippen LogP contribution in [0.25, 0.3) is 0 Å². The lowest BCUT2D eigenvalue weighted by Crippen LogP contribution is -2.32. The first-order valence-corrected chi connectivity index (χ1v) is 7.42. The molecule has 2 aromatic rings. The summed E-state index contributed by atoms with van der Waals surface area (Å²) in [6, 6.07) is 10.2. The number of pyridine rings is 1. The van der Waals surface area contributed by atoms with Gasteiger partial charge in [-0.05, 0) is 34.7 Å². The standard InChI is InChI=1S/C18H23FN2O/c1-18(2,3)17(14-5-7-15(19)8-6-14)20-12-13-9-10-21(4)16(22)11-13/h5-11,17,20H,12H2,1-4H3/t17-/m0/s1. The second kappa shape index (κ2) is 6.44.